The predicted octanol–water partition coefficient (Wildman–Crippen LogP) is 2.21. The van der Waals surface area contributed by atoms with E-state index in [0.717, 1.165) is 11.4 Å². The summed E-state index contributed by atoms with van der Waals surface area (Å²) >= 11 is 0. The smallest absolute Gasteiger partial charge is 0.230 e. The number of hydrogen-bond donors (Lipinski definition) is 2. The molecule has 17 heavy (non-hydrogen) atoms. The lowest BCUT2D eigenvalue weighted by molar-refractivity contribution is -0.115. The second-order valence-corrected chi connectivity index (χ2v) is 4.11. The van der Waals surface area contributed by atoms with Gasteiger partial charge in [-0.05, 0) is 43.2 Å². The van der Waals surface area contributed by atoms with Gasteiger partial charge in [0.05, 0.1) is 6.42 Å². The van der Waals surface area contributed by atoms with Crippen LogP contribution in [-0.2, 0) is 11.2 Å². The summed E-state index contributed by atoms with van der Waals surface area (Å²) < 4.78 is 0. The molecule has 1 aromatic carbocycles. The minimum absolute atomic E-state index is 0.0440. The zero-order chi connectivity index (χ0) is 12.3. The fourth-order valence-corrected chi connectivity index (χ4v) is 1.58. The van der Waals surface area contributed by atoms with Crippen LogP contribution in [0.5, 0.6) is 0 Å². The average molecular weight is 229 g/mol. The summed E-state index contributed by atoms with van der Waals surface area (Å²) in [5, 5.41) is 9.43. The largest absolute Gasteiger partial charge is 0.326 e. The first kappa shape index (κ1) is 11.4. The maximum absolute atomic E-state index is 11.7. The normalized spacial score (nSPS) is 10.2. The van der Waals surface area contributed by atoms with Gasteiger partial charge in [-0.2, -0.15) is 5.10 Å². The van der Waals surface area contributed by atoms with Crippen molar-refractivity contribution in [3.63, 3.8) is 0 Å². The summed E-state index contributed by atoms with van der Waals surface area (Å²) in [4.78, 5) is 11.7. The highest BCUT2D eigenvalue weighted by atomic mass is 16.1. The molecule has 4 heteroatoms. The lowest BCUT2D eigenvalue weighted by Crippen LogP contribution is -2.14. The summed E-state index contributed by atoms with van der Waals surface area (Å²) in [7, 11) is 0. The maximum atomic E-state index is 11.7. The molecular weight excluding hydrogens is 214 g/mol. The van der Waals surface area contributed by atoms with E-state index in [1.54, 1.807) is 12.3 Å². The summed E-state index contributed by atoms with van der Waals surface area (Å²) in [5.41, 5.74) is 4.03. The first-order chi connectivity index (χ1) is 8.15. The number of aryl methyl sites for hydroxylation is 2. The molecule has 0 spiro atoms. The van der Waals surface area contributed by atoms with Crippen LogP contribution < -0.4 is 5.32 Å². The lowest BCUT2D eigenvalue weighted by atomic mass is 10.1. The lowest BCUT2D eigenvalue weighted by Gasteiger charge is -2.06. The molecule has 0 unspecified atom stereocenters. The van der Waals surface area contributed by atoms with E-state index >= 15 is 0 Å². The number of nitrogens with zero attached hydrogens (tertiary/aromatic N) is 1. The molecule has 1 aromatic heterocycles. The van der Waals surface area contributed by atoms with Crippen LogP contribution in [0.2, 0.25) is 0 Å². The van der Waals surface area contributed by atoms with E-state index in [0.29, 0.717) is 6.42 Å². The summed E-state index contributed by atoms with van der Waals surface area (Å²) in [5.74, 6) is -0.0440. The Balaban J connectivity index is 2.00. The Morgan fingerprint density at radius 1 is 1.29 bits per heavy atom. The van der Waals surface area contributed by atoms with Crippen molar-refractivity contribution in [2.45, 2.75) is 20.3 Å². The van der Waals surface area contributed by atoms with Crippen molar-refractivity contribution in [1.82, 2.24) is 10.2 Å². The van der Waals surface area contributed by atoms with Gasteiger partial charge in [-0.1, -0.05) is 6.07 Å². The molecule has 1 heterocycles. The molecule has 0 bridgehead atoms. The Morgan fingerprint density at radius 2 is 2.12 bits per heavy atom. The van der Waals surface area contributed by atoms with Crippen molar-refractivity contribution >= 4 is 11.6 Å². The first-order valence-corrected chi connectivity index (χ1v) is 5.50. The third-order valence-electron chi connectivity index (χ3n) is 2.70. The van der Waals surface area contributed by atoms with E-state index in [9.17, 15) is 4.79 Å². The second kappa shape index (κ2) is 4.82. The van der Waals surface area contributed by atoms with Crippen LogP contribution in [0.3, 0.4) is 0 Å². The van der Waals surface area contributed by atoms with E-state index in [2.05, 4.69) is 15.5 Å². The van der Waals surface area contributed by atoms with Gasteiger partial charge in [0, 0.05) is 17.6 Å². The molecule has 0 aliphatic heterocycles. The Morgan fingerprint density at radius 3 is 2.76 bits per heavy atom. The third-order valence-corrected chi connectivity index (χ3v) is 2.70. The standard InChI is InChI=1S/C13H15N3O/c1-9-3-4-11(7-10(9)2)15-13(17)8-12-5-6-14-16-12/h3-7H,8H2,1-2H3,(H,14,16)(H,15,17). The zero-order valence-corrected chi connectivity index (χ0v) is 9.95. The van der Waals surface area contributed by atoms with Gasteiger partial charge in [-0.15, -0.1) is 0 Å². The molecule has 1 amide bonds. The molecule has 0 fully saturated rings. The van der Waals surface area contributed by atoms with Crippen LogP contribution in [0.25, 0.3) is 0 Å². The molecule has 2 aromatic rings. The van der Waals surface area contributed by atoms with Crippen molar-refractivity contribution in [3.8, 4) is 0 Å². The Bertz CT molecular complexity index is 517. The monoisotopic (exact) mass is 229 g/mol. The topological polar surface area (TPSA) is 57.8 Å². The molecule has 4 nitrogen and oxygen atoms in total. The number of benzene rings is 1. The number of H-pyrrole nitrogens is 1. The first-order valence-electron chi connectivity index (χ1n) is 5.50. The van der Waals surface area contributed by atoms with Gasteiger partial charge >= 0.3 is 0 Å². The molecular formula is C13H15N3O. The Labute approximate surface area is 100 Å². The van der Waals surface area contributed by atoms with Crippen LogP contribution in [0.15, 0.2) is 30.5 Å². The van der Waals surface area contributed by atoms with Crippen LogP contribution >= 0.6 is 0 Å². The van der Waals surface area contributed by atoms with Gasteiger partial charge in [0.25, 0.3) is 0 Å². The SMILES string of the molecule is Cc1ccc(NC(=O)Cc2ccn[nH]2)cc1C. The number of hydrogen-bond acceptors (Lipinski definition) is 2. The number of nitrogens with one attached hydrogen (secondary N) is 2. The quantitative estimate of drug-likeness (QED) is 0.847. The fourth-order valence-electron chi connectivity index (χ4n) is 1.58. The minimum atomic E-state index is -0.0440. The maximum Gasteiger partial charge on any atom is 0.230 e. The Hall–Kier alpha value is -2.10. The fraction of sp³-hybridized carbons (Fsp3) is 0.231. The molecule has 0 saturated carbocycles. The number of aromatic amines is 1. The molecule has 88 valence electrons. The third kappa shape index (κ3) is 2.93. The number of aromatic nitrogens is 2. The van der Waals surface area contributed by atoms with Crippen LogP contribution in [0, 0.1) is 13.8 Å². The summed E-state index contributed by atoms with van der Waals surface area (Å²) in [6, 6.07) is 7.68. The molecule has 0 aliphatic carbocycles. The van der Waals surface area contributed by atoms with Crippen molar-refractivity contribution in [2.24, 2.45) is 0 Å². The van der Waals surface area contributed by atoms with Crippen molar-refractivity contribution < 1.29 is 4.79 Å². The van der Waals surface area contributed by atoms with E-state index in [1.165, 1.54) is 11.1 Å². The van der Waals surface area contributed by atoms with Crippen LogP contribution in [0.1, 0.15) is 16.8 Å². The number of anilines is 1. The molecule has 0 atom stereocenters. The zero-order valence-electron chi connectivity index (χ0n) is 9.95. The highest BCUT2D eigenvalue weighted by Crippen LogP contribution is 2.14. The highest BCUT2D eigenvalue weighted by molar-refractivity contribution is 5.92. The van der Waals surface area contributed by atoms with Gasteiger partial charge in [-0.3, -0.25) is 9.89 Å². The summed E-state index contributed by atoms with van der Waals surface area (Å²) in [6.07, 6.45) is 1.95. The van der Waals surface area contributed by atoms with Gasteiger partial charge < -0.3 is 5.32 Å². The predicted molar refractivity (Wildman–Crippen MR) is 66.8 cm³/mol. The van der Waals surface area contributed by atoms with Crippen molar-refractivity contribution in [1.29, 1.82) is 0 Å². The van der Waals surface area contributed by atoms with Gasteiger partial charge in [0.1, 0.15) is 0 Å². The molecule has 2 rings (SSSR count). The minimum Gasteiger partial charge on any atom is -0.326 e. The van der Waals surface area contributed by atoms with E-state index < -0.39 is 0 Å². The van der Waals surface area contributed by atoms with E-state index in [4.69, 9.17) is 0 Å². The van der Waals surface area contributed by atoms with Crippen LogP contribution in [0.4, 0.5) is 5.69 Å². The second-order valence-electron chi connectivity index (χ2n) is 4.11. The van der Waals surface area contributed by atoms with Crippen molar-refractivity contribution in [3.05, 3.63) is 47.3 Å². The van der Waals surface area contributed by atoms with Gasteiger partial charge in [0.2, 0.25) is 5.91 Å². The molecule has 0 radical (unpaired) electrons. The van der Waals surface area contributed by atoms with E-state index in [-0.39, 0.29) is 5.91 Å². The summed E-state index contributed by atoms with van der Waals surface area (Å²) in [6.45, 7) is 4.07. The number of rotatable bonds is 3. The number of carbonyl (C=O) groups excluding carboxylic acids is 1. The molecule has 0 aliphatic rings. The van der Waals surface area contributed by atoms with Gasteiger partial charge in [0.15, 0.2) is 0 Å². The number of amides is 1. The molecule has 0 saturated heterocycles. The van der Waals surface area contributed by atoms with Crippen LogP contribution in [-0.4, -0.2) is 16.1 Å². The molecule has 2 N–H and O–H groups in total. The van der Waals surface area contributed by atoms with Gasteiger partial charge in [-0.25, -0.2) is 0 Å². The highest BCUT2D eigenvalue weighted by Gasteiger charge is 2.05. The Kier molecular flexibility index (Phi) is 3.23. The number of carbonyl (C=O) groups is 1. The van der Waals surface area contributed by atoms with Crippen molar-refractivity contribution in [2.75, 3.05) is 5.32 Å². The van der Waals surface area contributed by atoms with E-state index in [1.807, 2.05) is 32.0 Å². The average Bonchev–Trinajstić information content (AvgIpc) is 2.76.